The van der Waals surface area contributed by atoms with Crippen molar-refractivity contribution in [3.05, 3.63) is 48.4 Å². The van der Waals surface area contributed by atoms with Gasteiger partial charge in [0.05, 0.1) is 5.69 Å². The van der Waals surface area contributed by atoms with Crippen LogP contribution in [-0.2, 0) is 14.8 Å². The molecule has 1 fully saturated rings. The zero-order chi connectivity index (χ0) is 25.3. The molecular formula is C22H26FN7O4S. The molecule has 35 heavy (non-hydrogen) atoms. The number of halogens is 1. The number of sulfonamides is 1. The van der Waals surface area contributed by atoms with Crippen LogP contribution in [0.1, 0.15) is 32.1 Å². The van der Waals surface area contributed by atoms with Crippen molar-refractivity contribution in [1.82, 2.24) is 25.8 Å². The standard InChI is InChI=1S/C22H26FN7O4S/c23-16-5-3-4-15(12-16)19-10-9-18(13-26-19)35(33,34)30-20(21(31)29-32)6-1-2-11-25-22(27-14-24)28-17-7-8-17/h3-5,9-10,12-13,17,20,30,32H,1-2,6-8,11H2,(H,29,31)(H2,25,27,28)/t20-/m1/s1. The quantitative estimate of drug-likeness (QED) is 0.0765. The topological polar surface area (TPSA) is 169 Å². The van der Waals surface area contributed by atoms with Gasteiger partial charge in [0.2, 0.25) is 22.2 Å². The van der Waals surface area contributed by atoms with Gasteiger partial charge in [-0.2, -0.15) is 9.98 Å². The number of pyridine rings is 1. The lowest BCUT2D eigenvalue weighted by atomic mass is 10.1. The molecule has 1 aliphatic rings. The van der Waals surface area contributed by atoms with Crippen molar-refractivity contribution in [2.75, 3.05) is 6.54 Å². The van der Waals surface area contributed by atoms with E-state index in [1.165, 1.54) is 35.8 Å². The second-order valence-electron chi connectivity index (χ2n) is 7.94. The third kappa shape index (κ3) is 7.99. The second kappa shape index (κ2) is 12.2. The second-order valence-corrected chi connectivity index (χ2v) is 9.65. The smallest absolute Gasteiger partial charge is 0.261 e. The molecule has 0 spiro atoms. The van der Waals surface area contributed by atoms with Crippen LogP contribution >= 0.6 is 0 Å². The summed E-state index contributed by atoms with van der Waals surface area (Å²) in [6, 6.07) is 7.57. The minimum Gasteiger partial charge on any atom is -0.355 e. The van der Waals surface area contributed by atoms with Crippen LogP contribution in [0.2, 0.25) is 0 Å². The van der Waals surface area contributed by atoms with Crippen LogP contribution in [0.25, 0.3) is 11.3 Å². The minimum absolute atomic E-state index is 0.114. The molecule has 1 amide bonds. The fraction of sp³-hybridized carbons (Fsp3) is 0.364. The number of hydrogen-bond acceptors (Lipinski definition) is 7. The first kappa shape index (κ1) is 26.0. The fourth-order valence-electron chi connectivity index (χ4n) is 3.21. The van der Waals surface area contributed by atoms with Gasteiger partial charge in [0.25, 0.3) is 5.91 Å². The zero-order valence-electron chi connectivity index (χ0n) is 18.7. The molecule has 1 heterocycles. The van der Waals surface area contributed by atoms with Crippen LogP contribution in [0.5, 0.6) is 0 Å². The van der Waals surface area contributed by atoms with E-state index in [2.05, 4.69) is 25.3 Å². The Morgan fingerprint density at radius 3 is 2.71 bits per heavy atom. The SMILES string of the molecule is N#C/N=C(/NCCCC[C@@H](NS(=O)(=O)c1ccc(-c2cccc(F)c2)nc1)C(=O)NO)NC1CC1. The van der Waals surface area contributed by atoms with E-state index < -0.39 is 27.8 Å². The fourth-order valence-corrected chi connectivity index (χ4v) is 4.38. The van der Waals surface area contributed by atoms with Crippen molar-refractivity contribution < 1.29 is 22.8 Å². The molecular weight excluding hydrogens is 477 g/mol. The van der Waals surface area contributed by atoms with Gasteiger partial charge >= 0.3 is 0 Å². The first-order valence-electron chi connectivity index (χ1n) is 11.0. The molecule has 1 aromatic carbocycles. The number of nitriles is 1. The molecule has 0 radical (unpaired) electrons. The van der Waals surface area contributed by atoms with Gasteiger partial charge in [0, 0.05) is 24.3 Å². The number of guanidine groups is 1. The Bertz CT molecular complexity index is 1200. The highest BCUT2D eigenvalue weighted by molar-refractivity contribution is 7.89. The van der Waals surface area contributed by atoms with Crippen LogP contribution < -0.4 is 20.8 Å². The van der Waals surface area contributed by atoms with Gasteiger partial charge in [-0.1, -0.05) is 12.1 Å². The number of benzene rings is 1. The van der Waals surface area contributed by atoms with Gasteiger partial charge in [-0.3, -0.25) is 15.0 Å². The molecule has 13 heteroatoms. The van der Waals surface area contributed by atoms with Crippen molar-refractivity contribution in [2.24, 2.45) is 4.99 Å². The third-order valence-electron chi connectivity index (χ3n) is 5.18. The average molecular weight is 504 g/mol. The highest BCUT2D eigenvalue weighted by atomic mass is 32.2. The Hall–Kier alpha value is -3.60. The van der Waals surface area contributed by atoms with E-state index >= 15 is 0 Å². The number of aliphatic imine (C=N–C) groups is 1. The number of amides is 1. The Labute approximate surface area is 202 Å². The summed E-state index contributed by atoms with van der Waals surface area (Å²) in [6.45, 7) is 0.450. The molecule has 3 rings (SSSR count). The number of hydrogen-bond donors (Lipinski definition) is 5. The highest BCUT2D eigenvalue weighted by Crippen LogP contribution is 2.20. The summed E-state index contributed by atoms with van der Waals surface area (Å²) in [6.07, 6.45) is 5.98. The number of aromatic nitrogens is 1. The Kier molecular flexibility index (Phi) is 9.07. The lowest BCUT2D eigenvalue weighted by Gasteiger charge is -2.17. The summed E-state index contributed by atoms with van der Waals surface area (Å²) < 4.78 is 41.3. The number of nitrogens with one attached hydrogen (secondary N) is 4. The van der Waals surface area contributed by atoms with E-state index in [9.17, 15) is 17.6 Å². The third-order valence-corrected chi connectivity index (χ3v) is 6.64. The van der Waals surface area contributed by atoms with Gasteiger partial charge in [-0.15, -0.1) is 4.99 Å². The molecule has 0 saturated heterocycles. The van der Waals surface area contributed by atoms with Crippen molar-refractivity contribution in [3.8, 4) is 17.5 Å². The van der Waals surface area contributed by atoms with Crippen LogP contribution in [-0.4, -0.2) is 49.1 Å². The molecule has 2 aromatic rings. The van der Waals surface area contributed by atoms with Crippen molar-refractivity contribution >= 4 is 21.9 Å². The van der Waals surface area contributed by atoms with Crippen molar-refractivity contribution in [1.29, 1.82) is 5.26 Å². The van der Waals surface area contributed by atoms with Crippen LogP contribution in [0.4, 0.5) is 4.39 Å². The van der Waals surface area contributed by atoms with Gasteiger partial charge in [-0.05, 0) is 56.4 Å². The van der Waals surface area contributed by atoms with E-state index in [0.29, 0.717) is 42.6 Å². The summed E-state index contributed by atoms with van der Waals surface area (Å²) in [5.41, 5.74) is 2.36. The monoisotopic (exact) mass is 503 g/mol. The largest absolute Gasteiger partial charge is 0.355 e. The summed E-state index contributed by atoms with van der Waals surface area (Å²) >= 11 is 0. The first-order valence-corrected chi connectivity index (χ1v) is 12.5. The number of rotatable bonds is 11. The van der Waals surface area contributed by atoms with Gasteiger partial charge < -0.3 is 10.6 Å². The number of hydroxylamine groups is 1. The maximum Gasteiger partial charge on any atom is 0.261 e. The predicted molar refractivity (Wildman–Crippen MR) is 125 cm³/mol. The summed E-state index contributed by atoms with van der Waals surface area (Å²) in [5, 5.41) is 23.9. The first-order chi connectivity index (χ1) is 16.8. The Morgan fingerprint density at radius 1 is 1.29 bits per heavy atom. The van der Waals surface area contributed by atoms with Gasteiger partial charge in [-0.25, -0.2) is 18.3 Å². The van der Waals surface area contributed by atoms with Crippen LogP contribution in [0, 0.1) is 17.3 Å². The summed E-state index contributed by atoms with van der Waals surface area (Å²) in [5.74, 6) is -0.953. The summed E-state index contributed by atoms with van der Waals surface area (Å²) in [7, 11) is -4.13. The van der Waals surface area contributed by atoms with Crippen LogP contribution in [0.15, 0.2) is 52.5 Å². The lowest BCUT2D eigenvalue weighted by molar-refractivity contribution is -0.131. The molecule has 0 aliphatic heterocycles. The number of nitrogens with zero attached hydrogens (tertiary/aromatic N) is 3. The van der Waals surface area contributed by atoms with Crippen molar-refractivity contribution in [2.45, 2.75) is 49.1 Å². The normalized spacial score (nSPS) is 14.6. The molecule has 11 nitrogen and oxygen atoms in total. The molecule has 1 saturated carbocycles. The number of carbonyl (C=O) groups is 1. The van der Waals surface area contributed by atoms with Crippen LogP contribution in [0.3, 0.4) is 0 Å². The molecule has 1 atom stereocenters. The zero-order valence-corrected chi connectivity index (χ0v) is 19.6. The highest BCUT2D eigenvalue weighted by Gasteiger charge is 2.26. The molecule has 0 bridgehead atoms. The molecule has 1 aliphatic carbocycles. The van der Waals surface area contributed by atoms with E-state index in [1.54, 1.807) is 12.3 Å². The number of carbonyl (C=O) groups excluding carboxylic acids is 1. The molecule has 5 N–H and O–H groups in total. The lowest BCUT2D eigenvalue weighted by Crippen LogP contribution is -2.45. The summed E-state index contributed by atoms with van der Waals surface area (Å²) in [4.78, 5) is 19.6. The average Bonchev–Trinajstić information content (AvgIpc) is 3.66. The maximum absolute atomic E-state index is 13.4. The van der Waals surface area contributed by atoms with Crippen molar-refractivity contribution in [3.63, 3.8) is 0 Å². The predicted octanol–water partition coefficient (Wildman–Crippen LogP) is 1.39. The van der Waals surface area contributed by atoms with Gasteiger partial charge in [0.1, 0.15) is 16.8 Å². The van der Waals surface area contributed by atoms with E-state index in [1.807, 2.05) is 0 Å². The minimum atomic E-state index is -4.13. The molecule has 1 aromatic heterocycles. The van der Waals surface area contributed by atoms with Gasteiger partial charge in [0.15, 0.2) is 0 Å². The molecule has 186 valence electrons. The van der Waals surface area contributed by atoms with E-state index in [4.69, 9.17) is 10.5 Å². The molecule has 0 unspecified atom stereocenters. The Balaban J connectivity index is 1.56. The van der Waals surface area contributed by atoms with E-state index in [-0.39, 0.29) is 11.3 Å². The van der Waals surface area contributed by atoms with E-state index in [0.717, 1.165) is 19.0 Å². The Morgan fingerprint density at radius 2 is 2.09 bits per heavy atom. The maximum atomic E-state index is 13.4. The number of unbranched alkanes of at least 4 members (excludes halogenated alkanes) is 1.